The van der Waals surface area contributed by atoms with Crippen LogP contribution in [0.25, 0.3) is 10.8 Å². The van der Waals surface area contributed by atoms with Gasteiger partial charge in [0.15, 0.2) is 6.29 Å². The van der Waals surface area contributed by atoms with Gasteiger partial charge < -0.3 is 19.3 Å². The smallest absolute Gasteiger partial charge is 0.338 e. The molecule has 6 heteroatoms. The van der Waals surface area contributed by atoms with Gasteiger partial charge in [-0.3, -0.25) is 0 Å². The molecule has 1 saturated heterocycles. The lowest BCUT2D eigenvalue weighted by Crippen LogP contribution is -2.36. The minimum absolute atomic E-state index is 0.117. The van der Waals surface area contributed by atoms with Crippen LogP contribution in [0.3, 0.4) is 0 Å². The largest absolute Gasteiger partial charge is 0.460 e. The summed E-state index contributed by atoms with van der Waals surface area (Å²) in [5.74, 6) is -0.466. The number of hydrogen-bond acceptors (Lipinski definition) is 5. The quantitative estimate of drug-likeness (QED) is 0.452. The van der Waals surface area contributed by atoms with Crippen LogP contribution in [0.5, 0.6) is 0 Å². The number of esters is 1. The number of benzene rings is 3. The van der Waals surface area contributed by atoms with Crippen LogP contribution in [0, 0.1) is 0 Å². The van der Waals surface area contributed by atoms with Crippen molar-refractivity contribution < 1.29 is 24.1 Å². The van der Waals surface area contributed by atoms with Crippen molar-refractivity contribution in [2.75, 3.05) is 26.4 Å². The maximum atomic E-state index is 12.7. The average molecular weight is 427 g/mol. The van der Waals surface area contributed by atoms with Crippen LogP contribution in [-0.4, -0.2) is 42.4 Å². The van der Waals surface area contributed by atoms with E-state index in [1.54, 1.807) is 6.07 Å². The Labute approximate surface area is 180 Å². The molecule has 0 aromatic heterocycles. The number of aliphatic hydroxyl groups excluding tert-OH is 1. The predicted octanol–water partition coefficient (Wildman–Crippen LogP) is 4.25. The zero-order valence-electron chi connectivity index (χ0n) is 16.4. The minimum Gasteiger partial charge on any atom is -0.460 e. The van der Waals surface area contributed by atoms with Gasteiger partial charge >= 0.3 is 5.97 Å². The first-order valence-corrected chi connectivity index (χ1v) is 10.2. The Balaban J connectivity index is 1.46. The molecule has 1 aliphatic rings. The zero-order chi connectivity index (χ0) is 21.0. The number of alkyl halides is 1. The molecule has 0 radical (unpaired) electrons. The van der Waals surface area contributed by atoms with Crippen molar-refractivity contribution in [1.82, 2.24) is 0 Å². The summed E-state index contributed by atoms with van der Waals surface area (Å²) in [5.41, 5.74) is 2.27. The van der Waals surface area contributed by atoms with E-state index in [4.69, 9.17) is 25.8 Å². The van der Waals surface area contributed by atoms with Gasteiger partial charge in [-0.25, -0.2) is 4.79 Å². The molecule has 0 spiro atoms. The number of ether oxygens (including phenoxy) is 3. The molecular formula is C24H23ClO5. The van der Waals surface area contributed by atoms with Crippen LogP contribution in [0.4, 0.5) is 0 Å². The fraction of sp³-hybridized carbons (Fsp3) is 0.292. The Morgan fingerprint density at radius 3 is 2.60 bits per heavy atom. The third-order valence-electron chi connectivity index (χ3n) is 5.12. The first-order chi connectivity index (χ1) is 14.6. The Bertz CT molecular complexity index is 1030. The van der Waals surface area contributed by atoms with Gasteiger partial charge in [0.2, 0.25) is 0 Å². The van der Waals surface area contributed by atoms with Gasteiger partial charge in [-0.2, -0.15) is 0 Å². The van der Waals surface area contributed by atoms with Crippen LogP contribution >= 0.6 is 11.6 Å². The van der Waals surface area contributed by atoms with E-state index in [9.17, 15) is 9.90 Å². The van der Waals surface area contributed by atoms with E-state index < -0.39 is 10.8 Å². The summed E-state index contributed by atoms with van der Waals surface area (Å²) >= 11 is 6.63. The van der Waals surface area contributed by atoms with Gasteiger partial charge in [0.25, 0.3) is 0 Å². The molecular weight excluding hydrogens is 404 g/mol. The van der Waals surface area contributed by atoms with Crippen LogP contribution < -0.4 is 0 Å². The average Bonchev–Trinajstić information content (AvgIpc) is 3.32. The molecule has 1 atom stereocenters. The molecule has 4 rings (SSSR count). The van der Waals surface area contributed by atoms with Crippen molar-refractivity contribution in [1.29, 1.82) is 0 Å². The fourth-order valence-corrected chi connectivity index (χ4v) is 3.80. The molecule has 1 fully saturated rings. The third-order valence-corrected chi connectivity index (χ3v) is 5.48. The molecule has 0 bridgehead atoms. The summed E-state index contributed by atoms with van der Waals surface area (Å²) in [6.45, 7) is 0.677. The molecule has 1 aliphatic heterocycles. The van der Waals surface area contributed by atoms with Gasteiger partial charge in [-0.05, 0) is 28.8 Å². The first-order valence-electron chi connectivity index (χ1n) is 9.85. The molecule has 1 heterocycles. The van der Waals surface area contributed by atoms with Crippen molar-refractivity contribution in [3.63, 3.8) is 0 Å². The third kappa shape index (κ3) is 4.65. The lowest BCUT2D eigenvalue weighted by atomic mass is 9.98. The highest BCUT2D eigenvalue weighted by molar-refractivity contribution is 6.24. The highest BCUT2D eigenvalue weighted by Gasteiger charge is 2.30. The summed E-state index contributed by atoms with van der Waals surface area (Å²) < 4.78 is 16.6. The van der Waals surface area contributed by atoms with Crippen LogP contribution in [0.2, 0.25) is 0 Å². The van der Waals surface area contributed by atoms with Gasteiger partial charge in [0.1, 0.15) is 11.5 Å². The van der Waals surface area contributed by atoms with Crippen LogP contribution in [0.1, 0.15) is 27.8 Å². The molecule has 0 saturated carbocycles. The van der Waals surface area contributed by atoms with E-state index in [1.807, 2.05) is 60.7 Å². The second-order valence-corrected chi connectivity index (χ2v) is 8.21. The Morgan fingerprint density at radius 1 is 1.07 bits per heavy atom. The summed E-state index contributed by atoms with van der Waals surface area (Å²) in [4.78, 5) is 11.6. The number of carbonyl (C=O) groups excluding carboxylic acids is 1. The zero-order valence-corrected chi connectivity index (χ0v) is 17.2. The Hall–Kier alpha value is -2.44. The van der Waals surface area contributed by atoms with Crippen molar-refractivity contribution >= 4 is 28.3 Å². The molecule has 0 unspecified atom stereocenters. The number of fused-ring (bicyclic) bond motifs is 1. The van der Waals surface area contributed by atoms with Crippen molar-refractivity contribution in [2.24, 2.45) is 0 Å². The Morgan fingerprint density at radius 2 is 1.80 bits per heavy atom. The highest BCUT2D eigenvalue weighted by Crippen LogP contribution is 2.28. The second kappa shape index (κ2) is 9.14. The van der Waals surface area contributed by atoms with Gasteiger partial charge in [0.05, 0.1) is 25.4 Å². The second-order valence-electron chi connectivity index (χ2n) is 7.41. The van der Waals surface area contributed by atoms with E-state index in [0.29, 0.717) is 25.2 Å². The highest BCUT2D eigenvalue weighted by atomic mass is 35.5. The molecule has 1 N–H and O–H groups in total. The topological polar surface area (TPSA) is 65.0 Å². The number of halogens is 1. The minimum atomic E-state index is -1.13. The predicted molar refractivity (Wildman–Crippen MR) is 115 cm³/mol. The van der Waals surface area contributed by atoms with Crippen LogP contribution in [0.15, 0.2) is 66.7 Å². The number of rotatable bonds is 7. The maximum absolute atomic E-state index is 12.7. The molecule has 3 aromatic rings. The Kier molecular flexibility index (Phi) is 6.35. The van der Waals surface area contributed by atoms with Gasteiger partial charge in [0, 0.05) is 5.56 Å². The summed E-state index contributed by atoms with van der Waals surface area (Å²) in [6, 6.07) is 20.8. The standard InChI is InChI=1S/C24H23ClO5/c25-24(15-26,14-17-5-3-8-19(13-17)23-28-11-12-29-23)16-30-22(27)21-10-4-7-18-6-1-2-9-20(18)21/h1-10,13,23,26H,11-12,14-16H2/t24-/m1/s1. The van der Waals surface area contributed by atoms with E-state index in [-0.39, 0.29) is 19.5 Å². The molecule has 156 valence electrons. The molecule has 0 amide bonds. The number of aliphatic hydroxyl groups is 1. The van der Waals surface area contributed by atoms with Crippen LogP contribution in [-0.2, 0) is 20.6 Å². The summed E-state index contributed by atoms with van der Waals surface area (Å²) in [6.07, 6.45) is -0.0537. The lowest BCUT2D eigenvalue weighted by molar-refractivity contribution is -0.0441. The van der Waals surface area contributed by atoms with E-state index in [2.05, 4.69) is 0 Å². The van der Waals surface area contributed by atoms with Gasteiger partial charge in [-0.15, -0.1) is 11.6 Å². The van der Waals surface area contributed by atoms with Crippen molar-refractivity contribution in [3.05, 3.63) is 83.4 Å². The molecule has 0 aliphatic carbocycles. The monoisotopic (exact) mass is 426 g/mol. The lowest BCUT2D eigenvalue weighted by Gasteiger charge is -2.25. The molecule has 30 heavy (non-hydrogen) atoms. The van der Waals surface area contributed by atoms with E-state index in [0.717, 1.165) is 21.9 Å². The fourth-order valence-electron chi connectivity index (χ4n) is 3.59. The maximum Gasteiger partial charge on any atom is 0.338 e. The number of hydrogen-bond donors (Lipinski definition) is 1. The van der Waals surface area contributed by atoms with Crippen molar-refractivity contribution in [3.8, 4) is 0 Å². The molecule has 3 aromatic carbocycles. The van der Waals surface area contributed by atoms with E-state index >= 15 is 0 Å². The van der Waals surface area contributed by atoms with Crippen molar-refractivity contribution in [2.45, 2.75) is 17.6 Å². The van der Waals surface area contributed by atoms with Gasteiger partial charge in [-0.1, -0.05) is 60.7 Å². The normalized spacial score (nSPS) is 16.5. The number of carbonyl (C=O) groups is 1. The molecule has 5 nitrogen and oxygen atoms in total. The SMILES string of the molecule is O=C(OC[C@](Cl)(CO)Cc1cccc(C2OCCO2)c1)c1cccc2ccccc12. The first kappa shape index (κ1) is 20.8. The summed E-state index contributed by atoms with van der Waals surface area (Å²) in [7, 11) is 0. The summed E-state index contributed by atoms with van der Waals surface area (Å²) in [5, 5.41) is 11.7. The van der Waals surface area contributed by atoms with E-state index in [1.165, 1.54) is 0 Å².